The number of hydrogen-bond donors (Lipinski definition) is 0. The standard InChI is InChI=1S/C17H22N2O3/c1-17(2,13-6-4-3-5-7-13)10-15(20)18-8-9-19-14(11-18)12-22-16(19)21/h3-7,14H,8-12H2,1-2H3/t14-/m1/s1. The van der Waals surface area contributed by atoms with Crippen molar-refractivity contribution in [1.82, 2.24) is 9.80 Å². The maximum absolute atomic E-state index is 12.6. The first-order valence-corrected chi connectivity index (χ1v) is 7.74. The summed E-state index contributed by atoms with van der Waals surface area (Å²) in [6.07, 6.45) is 0.222. The molecule has 5 nitrogen and oxygen atoms in total. The Morgan fingerprint density at radius 1 is 1.27 bits per heavy atom. The van der Waals surface area contributed by atoms with Crippen LogP contribution in [0.2, 0.25) is 0 Å². The van der Waals surface area contributed by atoms with Gasteiger partial charge >= 0.3 is 6.09 Å². The van der Waals surface area contributed by atoms with E-state index < -0.39 is 0 Å². The lowest BCUT2D eigenvalue weighted by Crippen LogP contribution is -2.54. The van der Waals surface area contributed by atoms with E-state index in [4.69, 9.17) is 4.74 Å². The molecular weight excluding hydrogens is 280 g/mol. The van der Waals surface area contributed by atoms with Crippen LogP contribution >= 0.6 is 0 Å². The van der Waals surface area contributed by atoms with Gasteiger partial charge < -0.3 is 9.64 Å². The van der Waals surface area contributed by atoms with Crippen molar-refractivity contribution in [2.24, 2.45) is 0 Å². The fourth-order valence-corrected chi connectivity index (χ4v) is 3.20. The van der Waals surface area contributed by atoms with Crippen molar-refractivity contribution >= 4 is 12.0 Å². The van der Waals surface area contributed by atoms with E-state index in [1.165, 1.54) is 5.56 Å². The molecule has 0 radical (unpaired) electrons. The van der Waals surface area contributed by atoms with Gasteiger partial charge in [0.1, 0.15) is 6.61 Å². The number of benzene rings is 1. The first-order chi connectivity index (χ1) is 10.5. The van der Waals surface area contributed by atoms with Crippen molar-refractivity contribution in [2.45, 2.75) is 31.7 Å². The summed E-state index contributed by atoms with van der Waals surface area (Å²) in [5.74, 6) is 0.146. The minimum Gasteiger partial charge on any atom is -0.447 e. The molecule has 0 spiro atoms. The van der Waals surface area contributed by atoms with Crippen LogP contribution in [0.25, 0.3) is 0 Å². The highest BCUT2D eigenvalue weighted by Gasteiger charge is 2.39. The summed E-state index contributed by atoms with van der Waals surface area (Å²) in [5, 5.41) is 0. The van der Waals surface area contributed by atoms with E-state index in [2.05, 4.69) is 26.0 Å². The predicted octanol–water partition coefficient (Wildman–Crippen LogP) is 2.02. The number of carbonyl (C=O) groups is 2. The van der Waals surface area contributed by atoms with Crippen molar-refractivity contribution in [1.29, 1.82) is 0 Å². The lowest BCUT2D eigenvalue weighted by Gasteiger charge is -2.37. The lowest BCUT2D eigenvalue weighted by molar-refractivity contribution is -0.134. The number of piperazine rings is 1. The van der Waals surface area contributed by atoms with Crippen LogP contribution in [-0.4, -0.2) is 54.1 Å². The van der Waals surface area contributed by atoms with Gasteiger partial charge in [0, 0.05) is 26.1 Å². The van der Waals surface area contributed by atoms with Crippen LogP contribution in [0.3, 0.4) is 0 Å². The third-order valence-corrected chi connectivity index (χ3v) is 4.62. The zero-order valence-electron chi connectivity index (χ0n) is 13.1. The number of fused-ring (bicyclic) bond motifs is 1. The number of rotatable bonds is 3. The van der Waals surface area contributed by atoms with E-state index in [-0.39, 0.29) is 23.5 Å². The maximum Gasteiger partial charge on any atom is 0.410 e. The highest BCUT2D eigenvalue weighted by Crippen LogP contribution is 2.28. The molecular formula is C17H22N2O3. The minimum absolute atomic E-state index is 0.0186. The summed E-state index contributed by atoms with van der Waals surface area (Å²) in [4.78, 5) is 27.7. The van der Waals surface area contributed by atoms with Crippen LogP contribution < -0.4 is 0 Å². The van der Waals surface area contributed by atoms with Gasteiger partial charge in [0.05, 0.1) is 6.04 Å². The summed E-state index contributed by atoms with van der Waals surface area (Å²) in [5.41, 5.74) is 0.971. The lowest BCUT2D eigenvalue weighted by atomic mass is 9.81. The number of carbonyl (C=O) groups excluding carboxylic acids is 2. The van der Waals surface area contributed by atoms with E-state index >= 15 is 0 Å². The Bertz CT molecular complexity index is 571. The molecule has 118 valence electrons. The molecule has 0 saturated carbocycles. The van der Waals surface area contributed by atoms with Gasteiger partial charge in [0.15, 0.2) is 0 Å². The Labute approximate surface area is 130 Å². The highest BCUT2D eigenvalue weighted by molar-refractivity contribution is 5.78. The number of nitrogens with zero attached hydrogens (tertiary/aromatic N) is 2. The molecule has 0 aliphatic carbocycles. The van der Waals surface area contributed by atoms with Gasteiger partial charge in [-0.05, 0) is 11.0 Å². The van der Waals surface area contributed by atoms with Crippen LogP contribution in [0.15, 0.2) is 30.3 Å². The molecule has 1 atom stereocenters. The molecule has 1 aromatic carbocycles. The Morgan fingerprint density at radius 3 is 2.73 bits per heavy atom. The average molecular weight is 302 g/mol. The molecule has 22 heavy (non-hydrogen) atoms. The van der Waals surface area contributed by atoms with E-state index in [1.807, 2.05) is 23.1 Å². The van der Waals surface area contributed by atoms with E-state index in [1.54, 1.807) is 4.90 Å². The van der Waals surface area contributed by atoms with Crippen molar-refractivity contribution in [3.05, 3.63) is 35.9 Å². The van der Waals surface area contributed by atoms with Gasteiger partial charge in [-0.3, -0.25) is 9.69 Å². The molecule has 5 heteroatoms. The van der Waals surface area contributed by atoms with Crippen molar-refractivity contribution in [3.63, 3.8) is 0 Å². The molecule has 2 amide bonds. The number of ether oxygens (including phenoxy) is 1. The second-order valence-corrected chi connectivity index (χ2v) is 6.69. The predicted molar refractivity (Wildman–Crippen MR) is 82.5 cm³/mol. The smallest absolute Gasteiger partial charge is 0.410 e. The van der Waals surface area contributed by atoms with Gasteiger partial charge in [0.25, 0.3) is 0 Å². The fraction of sp³-hybridized carbons (Fsp3) is 0.529. The SMILES string of the molecule is CC(C)(CC(=O)N1CCN2C(=O)OC[C@H]2C1)c1ccccc1. The zero-order chi connectivity index (χ0) is 15.7. The quantitative estimate of drug-likeness (QED) is 0.858. The Kier molecular flexibility index (Phi) is 3.81. The Balaban J connectivity index is 1.64. The van der Waals surface area contributed by atoms with Gasteiger partial charge in [0.2, 0.25) is 5.91 Å². The fourth-order valence-electron chi connectivity index (χ4n) is 3.20. The first-order valence-electron chi connectivity index (χ1n) is 7.74. The average Bonchev–Trinajstić information content (AvgIpc) is 2.88. The number of hydrogen-bond acceptors (Lipinski definition) is 3. The van der Waals surface area contributed by atoms with Gasteiger partial charge in [-0.1, -0.05) is 44.2 Å². The zero-order valence-corrected chi connectivity index (χ0v) is 13.1. The molecule has 2 heterocycles. The largest absolute Gasteiger partial charge is 0.447 e. The van der Waals surface area contributed by atoms with Crippen molar-refractivity contribution < 1.29 is 14.3 Å². The van der Waals surface area contributed by atoms with Crippen LogP contribution in [0.1, 0.15) is 25.8 Å². The molecule has 2 saturated heterocycles. The summed E-state index contributed by atoms with van der Waals surface area (Å²) in [7, 11) is 0. The van der Waals surface area contributed by atoms with E-state index in [9.17, 15) is 9.59 Å². The topological polar surface area (TPSA) is 49.9 Å². The number of amides is 2. The van der Waals surface area contributed by atoms with E-state index in [0.717, 1.165) is 0 Å². The third-order valence-electron chi connectivity index (χ3n) is 4.62. The maximum atomic E-state index is 12.6. The summed E-state index contributed by atoms with van der Waals surface area (Å²) in [6.45, 7) is 6.33. The monoisotopic (exact) mass is 302 g/mol. The highest BCUT2D eigenvalue weighted by atomic mass is 16.6. The van der Waals surface area contributed by atoms with Crippen LogP contribution in [0, 0.1) is 0 Å². The molecule has 2 aliphatic rings. The molecule has 0 aromatic heterocycles. The molecule has 2 aliphatic heterocycles. The van der Waals surface area contributed by atoms with Crippen molar-refractivity contribution in [2.75, 3.05) is 26.2 Å². The summed E-state index contributed by atoms with van der Waals surface area (Å²) >= 11 is 0. The number of cyclic esters (lactones) is 1. The molecule has 0 unspecified atom stereocenters. The second-order valence-electron chi connectivity index (χ2n) is 6.69. The van der Waals surface area contributed by atoms with Gasteiger partial charge in [-0.15, -0.1) is 0 Å². The van der Waals surface area contributed by atoms with Gasteiger partial charge in [-0.25, -0.2) is 4.79 Å². The molecule has 0 bridgehead atoms. The van der Waals surface area contributed by atoms with Crippen LogP contribution in [0.5, 0.6) is 0 Å². The molecule has 1 aromatic rings. The van der Waals surface area contributed by atoms with Crippen LogP contribution in [0.4, 0.5) is 4.79 Å². The van der Waals surface area contributed by atoms with Crippen LogP contribution in [-0.2, 0) is 14.9 Å². The Morgan fingerprint density at radius 2 is 2.00 bits per heavy atom. The van der Waals surface area contributed by atoms with Crippen molar-refractivity contribution in [3.8, 4) is 0 Å². The summed E-state index contributed by atoms with van der Waals surface area (Å²) < 4.78 is 5.05. The Hall–Kier alpha value is -2.04. The molecule has 3 rings (SSSR count). The summed E-state index contributed by atoms with van der Waals surface area (Å²) in [6, 6.07) is 10.1. The molecule has 2 fully saturated rings. The van der Waals surface area contributed by atoms with E-state index in [0.29, 0.717) is 32.7 Å². The first kappa shape index (κ1) is 14.9. The van der Waals surface area contributed by atoms with Gasteiger partial charge in [-0.2, -0.15) is 0 Å². The second kappa shape index (κ2) is 5.63. The molecule has 0 N–H and O–H groups in total. The minimum atomic E-state index is -0.248. The third kappa shape index (κ3) is 2.80. The normalized spacial score (nSPS) is 21.5.